The molecule has 5 nitrogen and oxygen atoms in total. The molecule has 22 heavy (non-hydrogen) atoms. The summed E-state index contributed by atoms with van der Waals surface area (Å²) < 4.78 is 0. The van der Waals surface area contributed by atoms with E-state index in [0.717, 1.165) is 31.5 Å². The van der Waals surface area contributed by atoms with Crippen LogP contribution in [0.3, 0.4) is 0 Å². The van der Waals surface area contributed by atoms with Crippen molar-refractivity contribution in [3.63, 3.8) is 0 Å². The summed E-state index contributed by atoms with van der Waals surface area (Å²) in [6.07, 6.45) is 11.0. The second-order valence-corrected chi connectivity index (χ2v) is 6.37. The van der Waals surface area contributed by atoms with E-state index in [1.54, 1.807) is 18.5 Å². The predicted molar refractivity (Wildman–Crippen MR) is 86.7 cm³/mol. The Morgan fingerprint density at radius 1 is 1.36 bits per heavy atom. The number of amides is 1. The Hall–Kier alpha value is -2.08. The third-order valence-corrected chi connectivity index (χ3v) is 4.84. The van der Waals surface area contributed by atoms with Crippen LogP contribution in [-0.2, 0) is 0 Å². The van der Waals surface area contributed by atoms with Gasteiger partial charge in [-0.1, -0.05) is 12.2 Å². The summed E-state index contributed by atoms with van der Waals surface area (Å²) in [5, 5.41) is 3.72. The Bertz CT molecular complexity index is 681. The SMILES string of the molecule is Cc1nc(-c2ncccn2)sc1C(=O)NC[C@H]1CC=CCC1. The zero-order valence-corrected chi connectivity index (χ0v) is 13.3. The van der Waals surface area contributed by atoms with Crippen LogP contribution in [0.5, 0.6) is 0 Å². The van der Waals surface area contributed by atoms with E-state index in [1.165, 1.54) is 11.3 Å². The van der Waals surface area contributed by atoms with E-state index in [1.807, 2.05) is 6.92 Å². The number of hydrogen-bond acceptors (Lipinski definition) is 5. The lowest BCUT2D eigenvalue weighted by atomic mass is 9.94. The van der Waals surface area contributed by atoms with Gasteiger partial charge in [-0.3, -0.25) is 4.79 Å². The molecule has 2 heterocycles. The average Bonchev–Trinajstić information content (AvgIpc) is 2.96. The topological polar surface area (TPSA) is 67.8 Å². The number of nitrogens with zero attached hydrogens (tertiary/aromatic N) is 3. The van der Waals surface area contributed by atoms with Gasteiger partial charge in [0.1, 0.15) is 4.88 Å². The summed E-state index contributed by atoms with van der Waals surface area (Å²) in [5.41, 5.74) is 0.730. The van der Waals surface area contributed by atoms with Gasteiger partial charge in [0.25, 0.3) is 5.91 Å². The molecule has 0 aromatic carbocycles. The van der Waals surface area contributed by atoms with Crippen LogP contribution >= 0.6 is 11.3 Å². The van der Waals surface area contributed by atoms with Gasteiger partial charge in [-0.25, -0.2) is 15.0 Å². The molecule has 0 saturated heterocycles. The summed E-state index contributed by atoms with van der Waals surface area (Å²) in [4.78, 5) is 25.8. The molecule has 0 spiro atoms. The molecular formula is C16H18N4OS. The number of hydrogen-bond donors (Lipinski definition) is 1. The summed E-state index contributed by atoms with van der Waals surface area (Å²) in [7, 11) is 0. The highest BCUT2D eigenvalue weighted by Gasteiger charge is 2.18. The second-order valence-electron chi connectivity index (χ2n) is 5.37. The summed E-state index contributed by atoms with van der Waals surface area (Å²) in [6, 6.07) is 1.76. The molecule has 0 radical (unpaired) electrons. The van der Waals surface area contributed by atoms with Gasteiger partial charge < -0.3 is 5.32 Å². The molecular weight excluding hydrogens is 296 g/mol. The van der Waals surface area contributed by atoms with Crippen LogP contribution in [0, 0.1) is 12.8 Å². The molecule has 0 fully saturated rings. The van der Waals surface area contributed by atoms with Crippen molar-refractivity contribution in [3.8, 4) is 10.8 Å². The Balaban J connectivity index is 1.67. The van der Waals surface area contributed by atoms with Crippen LogP contribution in [0.15, 0.2) is 30.6 Å². The lowest BCUT2D eigenvalue weighted by Gasteiger charge is -2.17. The largest absolute Gasteiger partial charge is 0.351 e. The average molecular weight is 314 g/mol. The van der Waals surface area contributed by atoms with Crippen LogP contribution < -0.4 is 5.32 Å². The van der Waals surface area contributed by atoms with Gasteiger partial charge in [0.05, 0.1) is 5.69 Å². The fraction of sp³-hybridized carbons (Fsp3) is 0.375. The molecule has 2 aromatic rings. The zero-order chi connectivity index (χ0) is 15.4. The van der Waals surface area contributed by atoms with Gasteiger partial charge in [-0.15, -0.1) is 11.3 Å². The van der Waals surface area contributed by atoms with E-state index < -0.39 is 0 Å². The summed E-state index contributed by atoms with van der Waals surface area (Å²) in [5.74, 6) is 1.05. The van der Waals surface area contributed by atoms with Crippen molar-refractivity contribution in [2.45, 2.75) is 26.2 Å². The fourth-order valence-corrected chi connectivity index (χ4v) is 3.40. The maximum absolute atomic E-state index is 12.4. The first-order valence-corrected chi connectivity index (χ1v) is 8.23. The second kappa shape index (κ2) is 6.79. The van der Waals surface area contributed by atoms with Gasteiger partial charge in [0.15, 0.2) is 10.8 Å². The quantitative estimate of drug-likeness (QED) is 0.881. The van der Waals surface area contributed by atoms with Crippen LogP contribution in [-0.4, -0.2) is 27.4 Å². The Labute approximate surface area is 133 Å². The minimum atomic E-state index is -0.0493. The van der Waals surface area contributed by atoms with Crippen LogP contribution in [0.2, 0.25) is 0 Å². The maximum Gasteiger partial charge on any atom is 0.263 e. The van der Waals surface area contributed by atoms with E-state index in [4.69, 9.17) is 0 Å². The Morgan fingerprint density at radius 3 is 2.91 bits per heavy atom. The van der Waals surface area contributed by atoms with Gasteiger partial charge in [0.2, 0.25) is 0 Å². The van der Waals surface area contributed by atoms with Crippen molar-refractivity contribution in [3.05, 3.63) is 41.2 Å². The minimum absolute atomic E-state index is 0.0493. The van der Waals surface area contributed by atoms with Crippen LogP contribution in [0.1, 0.15) is 34.6 Å². The lowest BCUT2D eigenvalue weighted by molar-refractivity contribution is 0.0949. The maximum atomic E-state index is 12.4. The van der Waals surface area contributed by atoms with Crippen molar-refractivity contribution < 1.29 is 4.79 Å². The van der Waals surface area contributed by atoms with Gasteiger partial charge in [0, 0.05) is 18.9 Å². The van der Waals surface area contributed by atoms with E-state index in [2.05, 4.69) is 32.4 Å². The monoisotopic (exact) mass is 314 g/mol. The molecule has 0 aliphatic heterocycles. The van der Waals surface area contributed by atoms with Crippen molar-refractivity contribution in [2.75, 3.05) is 6.54 Å². The molecule has 1 aliphatic carbocycles. The third-order valence-electron chi connectivity index (χ3n) is 3.69. The highest BCUT2D eigenvalue weighted by atomic mass is 32.1. The molecule has 0 saturated carbocycles. The molecule has 1 atom stereocenters. The van der Waals surface area contributed by atoms with E-state index in [9.17, 15) is 4.79 Å². The molecule has 0 bridgehead atoms. The molecule has 1 N–H and O–H groups in total. The molecule has 0 unspecified atom stereocenters. The van der Waals surface area contributed by atoms with Crippen molar-refractivity contribution in [1.29, 1.82) is 0 Å². The minimum Gasteiger partial charge on any atom is -0.351 e. The number of thiazole rings is 1. The molecule has 2 aromatic heterocycles. The summed E-state index contributed by atoms with van der Waals surface area (Å²) in [6.45, 7) is 2.57. The van der Waals surface area contributed by atoms with Gasteiger partial charge in [-0.05, 0) is 38.2 Å². The first-order valence-electron chi connectivity index (χ1n) is 7.42. The third kappa shape index (κ3) is 3.39. The van der Waals surface area contributed by atoms with Crippen LogP contribution in [0.25, 0.3) is 10.8 Å². The first-order chi connectivity index (χ1) is 10.7. The highest BCUT2D eigenvalue weighted by molar-refractivity contribution is 7.17. The standard InChI is InChI=1S/C16H18N4OS/c1-11-13(15(21)19-10-12-6-3-2-4-7-12)22-16(20-11)14-17-8-5-9-18-14/h2-3,5,8-9,12H,4,6-7,10H2,1H3,(H,19,21)/t12-/m0/s1. The van der Waals surface area contributed by atoms with Gasteiger partial charge in [-0.2, -0.15) is 0 Å². The van der Waals surface area contributed by atoms with Crippen molar-refractivity contribution in [2.24, 2.45) is 5.92 Å². The predicted octanol–water partition coefficient (Wildman–Crippen LogP) is 2.99. The number of aromatic nitrogens is 3. The number of nitrogens with one attached hydrogen (secondary N) is 1. The van der Waals surface area contributed by atoms with E-state index in [-0.39, 0.29) is 5.91 Å². The van der Waals surface area contributed by atoms with Crippen molar-refractivity contribution in [1.82, 2.24) is 20.3 Å². The summed E-state index contributed by atoms with van der Waals surface area (Å²) >= 11 is 1.35. The van der Waals surface area contributed by atoms with Crippen LogP contribution in [0.4, 0.5) is 0 Å². The van der Waals surface area contributed by atoms with Gasteiger partial charge >= 0.3 is 0 Å². The van der Waals surface area contributed by atoms with E-state index in [0.29, 0.717) is 21.6 Å². The number of aryl methyl sites for hydroxylation is 1. The normalized spacial score (nSPS) is 17.4. The number of allylic oxidation sites excluding steroid dienone is 2. The molecule has 6 heteroatoms. The number of rotatable bonds is 4. The molecule has 1 amide bonds. The molecule has 3 rings (SSSR count). The molecule has 1 aliphatic rings. The number of carbonyl (C=O) groups excluding carboxylic acids is 1. The zero-order valence-electron chi connectivity index (χ0n) is 12.5. The Kier molecular flexibility index (Phi) is 4.58. The van der Waals surface area contributed by atoms with E-state index >= 15 is 0 Å². The molecule has 114 valence electrons. The lowest BCUT2D eigenvalue weighted by Crippen LogP contribution is -2.29. The van der Waals surface area contributed by atoms with Crippen molar-refractivity contribution >= 4 is 17.2 Å². The smallest absolute Gasteiger partial charge is 0.263 e. The Morgan fingerprint density at radius 2 is 2.18 bits per heavy atom. The highest BCUT2D eigenvalue weighted by Crippen LogP contribution is 2.25. The fourth-order valence-electron chi connectivity index (χ4n) is 2.47. The number of carbonyl (C=O) groups is 1. The first kappa shape index (κ1) is 14.8.